The van der Waals surface area contributed by atoms with Crippen LogP contribution in [0.2, 0.25) is 0 Å². The molecule has 0 aromatic carbocycles. The minimum atomic E-state index is 0.198. The molecule has 0 spiro atoms. The lowest BCUT2D eigenvalue weighted by Gasteiger charge is -2.24. The van der Waals surface area contributed by atoms with Crippen LogP contribution in [-0.4, -0.2) is 41.6 Å². The van der Waals surface area contributed by atoms with E-state index in [1.54, 1.807) is 0 Å². The van der Waals surface area contributed by atoms with Gasteiger partial charge in [0.25, 0.3) is 0 Å². The van der Waals surface area contributed by atoms with Crippen molar-refractivity contribution in [3.8, 4) is 0 Å². The van der Waals surface area contributed by atoms with Crippen molar-refractivity contribution in [1.29, 1.82) is 0 Å². The van der Waals surface area contributed by atoms with Crippen LogP contribution >= 0.6 is 12.2 Å². The highest BCUT2D eigenvalue weighted by Gasteiger charge is 2.17. The highest BCUT2D eigenvalue weighted by molar-refractivity contribution is 7.80. The lowest BCUT2D eigenvalue weighted by atomic mass is 9.85. The third-order valence-electron chi connectivity index (χ3n) is 4.21. The Labute approximate surface area is 142 Å². The van der Waals surface area contributed by atoms with Crippen LogP contribution in [0, 0.1) is 10.8 Å². The summed E-state index contributed by atoms with van der Waals surface area (Å²) in [7, 11) is 0. The second-order valence-electron chi connectivity index (χ2n) is 7.67. The summed E-state index contributed by atoms with van der Waals surface area (Å²) in [6, 6.07) is 0. The number of aliphatic hydroxyl groups is 2. The quantitative estimate of drug-likeness (QED) is 0.327. The molecule has 132 valence electrons. The lowest BCUT2D eigenvalue weighted by molar-refractivity contribution is 0.199. The molecule has 0 aromatic heterocycles. The summed E-state index contributed by atoms with van der Waals surface area (Å²) in [5, 5.41) is 25.2. The largest absolute Gasteiger partial charge is 0.396 e. The molecule has 4 nitrogen and oxygen atoms in total. The van der Waals surface area contributed by atoms with Gasteiger partial charge in [0.15, 0.2) is 5.11 Å². The highest BCUT2D eigenvalue weighted by atomic mass is 32.1. The highest BCUT2D eigenvalue weighted by Crippen LogP contribution is 2.26. The van der Waals surface area contributed by atoms with Gasteiger partial charge in [-0.25, -0.2) is 0 Å². The smallest absolute Gasteiger partial charge is 0.166 e. The first kappa shape index (κ1) is 21.6. The van der Waals surface area contributed by atoms with E-state index >= 15 is 0 Å². The van der Waals surface area contributed by atoms with Crippen LogP contribution in [0.4, 0.5) is 0 Å². The van der Waals surface area contributed by atoms with Crippen molar-refractivity contribution in [2.24, 2.45) is 10.8 Å². The maximum Gasteiger partial charge on any atom is 0.166 e. The fourth-order valence-corrected chi connectivity index (χ4v) is 2.66. The van der Waals surface area contributed by atoms with Gasteiger partial charge in [0, 0.05) is 26.3 Å². The number of aliphatic hydroxyl groups excluding tert-OH is 2. The zero-order valence-corrected chi connectivity index (χ0v) is 15.7. The van der Waals surface area contributed by atoms with Gasteiger partial charge in [-0.05, 0) is 61.6 Å². The molecule has 0 saturated heterocycles. The van der Waals surface area contributed by atoms with E-state index in [0.717, 1.165) is 56.7 Å². The molecule has 0 bridgehead atoms. The Balaban J connectivity index is 3.63. The first-order valence-electron chi connectivity index (χ1n) is 8.46. The summed E-state index contributed by atoms with van der Waals surface area (Å²) in [6.45, 7) is 11.0. The average molecular weight is 333 g/mol. The molecule has 0 unspecified atom stereocenters. The molecule has 5 heteroatoms. The van der Waals surface area contributed by atoms with Gasteiger partial charge >= 0.3 is 0 Å². The van der Waals surface area contributed by atoms with E-state index in [1.165, 1.54) is 0 Å². The van der Waals surface area contributed by atoms with Gasteiger partial charge in [-0.15, -0.1) is 0 Å². The monoisotopic (exact) mass is 332 g/mol. The van der Waals surface area contributed by atoms with Crippen LogP contribution in [0.15, 0.2) is 0 Å². The van der Waals surface area contributed by atoms with Gasteiger partial charge in [0.1, 0.15) is 0 Å². The lowest BCUT2D eigenvalue weighted by Crippen LogP contribution is -2.36. The van der Waals surface area contributed by atoms with Crippen molar-refractivity contribution in [1.82, 2.24) is 10.6 Å². The molecule has 0 rings (SSSR count). The molecule has 0 heterocycles. The topological polar surface area (TPSA) is 64.5 Å². The minimum Gasteiger partial charge on any atom is -0.396 e. The van der Waals surface area contributed by atoms with Crippen molar-refractivity contribution < 1.29 is 10.2 Å². The third kappa shape index (κ3) is 12.2. The average Bonchev–Trinajstić information content (AvgIpc) is 2.40. The van der Waals surface area contributed by atoms with Crippen LogP contribution in [0.3, 0.4) is 0 Å². The summed E-state index contributed by atoms with van der Waals surface area (Å²) in [6.07, 6.45) is 5.96. The summed E-state index contributed by atoms with van der Waals surface area (Å²) >= 11 is 5.27. The van der Waals surface area contributed by atoms with Gasteiger partial charge in [0.2, 0.25) is 0 Å². The SMILES string of the molecule is CC(C)(CCO)CCCNC(=S)NCCCC(C)(C)CCO. The van der Waals surface area contributed by atoms with Crippen LogP contribution in [0.25, 0.3) is 0 Å². The molecule has 0 aliphatic rings. The molecular weight excluding hydrogens is 296 g/mol. The van der Waals surface area contributed by atoms with E-state index in [4.69, 9.17) is 22.4 Å². The number of thiocarbonyl (C=S) groups is 1. The van der Waals surface area contributed by atoms with Crippen LogP contribution < -0.4 is 10.6 Å². The Morgan fingerprint density at radius 3 is 1.45 bits per heavy atom. The molecule has 0 aromatic rings. The first-order valence-corrected chi connectivity index (χ1v) is 8.87. The summed E-state index contributed by atoms with van der Waals surface area (Å²) in [5.74, 6) is 0. The molecule has 0 fully saturated rings. The van der Waals surface area contributed by atoms with E-state index in [1.807, 2.05) is 0 Å². The Bertz CT molecular complexity index is 279. The zero-order chi connectivity index (χ0) is 17.1. The Hall–Kier alpha value is -0.390. The summed E-state index contributed by atoms with van der Waals surface area (Å²) in [5.41, 5.74) is 0.396. The number of hydrogen-bond acceptors (Lipinski definition) is 3. The molecule has 4 N–H and O–H groups in total. The first-order chi connectivity index (χ1) is 10.2. The standard InChI is InChI=1S/C17H36N2O2S/c1-16(2,9-13-20)7-5-11-18-15(22)19-12-6-8-17(3,4)10-14-21/h20-21H,5-14H2,1-4H3,(H2,18,19,22). The summed E-state index contributed by atoms with van der Waals surface area (Å²) in [4.78, 5) is 0. The van der Waals surface area contributed by atoms with E-state index in [-0.39, 0.29) is 24.0 Å². The molecular formula is C17H36N2O2S. The zero-order valence-electron chi connectivity index (χ0n) is 14.9. The molecule has 0 atom stereocenters. The van der Waals surface area contributed by atoms with Gasteiger partial charge < -0.3 is 20.8 Å². The predicted octanol–water partition coefficient (Wildman–Crippen LogP) is 2.83. The van der Waals surface area contributed by atoms with Gasteiger partial charge in [-0.3, -0.25) is 0 Å². The van der Waals surface area contributed by atoms with Crippen molar-refractivity contribution in [2.75, 3.05) is 26.3 Å². The fraction of sp³-hybridized carbons (Fsp3) is 0.941. The molecule has 0 saturated carbocycles. The molecule has 22 heavy (non-hydrogen) atoms. The number of rotatable bonds is 12. The maximum absolute atomic E-state index is 9.00. The molecule has 0 amide bonds. The van der Waals surface area contributed by atoms with Crippen molar-refractivity contribution in [3.63, 3.8) is 0 Å². The van der Waals surface area contributed by atoms with Crippen LogP contribution in [0.5, 0.6) is 0 Å². The number of hydrogen-bond donors (Lipinski definition) is 4. The van der Waals surface area contributed by atoms with Gasteiger partial charge in [-0.1, -0.05) is 27.7 Å². The predicted molar refractivity (Wildman–Crippen MR) is 98.0 cm³/mol. The van der Waals surface area contributed by atoms with Crippen LogP contribution in [0.1, 0.15) is 66.2 Å². The minimum absolute atomic E-state index is 0.198. The second-order valence-corrected chi connectivity index (χ2v) is 8.07. The molecule has 0 radical (unpaired) electrons. The van der Waals surface area contributed by atoms with E-state index in [0.29, 0.717) is 0 Å². The van der Waals surface area contributed by atoms with Crippen molar-refractivity contribution in [2.45, 2.75) is 66.2 Å². The maximum atomic E-state index is 9.00. The third-order valence-corrected chi connectivity index (χ3v) is 4.50. The number of nitrogens with one attached hydrogen (secondary N) is 2. The normalized spacial score (nSPS) is 12.3. The molecule has 0 aliphatic carbocycles. The van der Waals surface area contributed by atoms with Gasteiger partial charge in [0.05, 0.1) is 0 Å². The van der Waals surface area contributed by atoms with E-state index < -0.39 is 0 Å². The Kier molecular flexibility index (Phi) is 11.0. The molecule has 0 aliphatic heterocycles. The van der Waals surface area contributed by atoms with Gasteiger partial charge in [-0.2, -0.15) is 0 Å². The van der Waals surface area contributed by atoms with E-state index in [9.17, 15) is 0 Å². The van der Waals surface area contributed by atoms with Crippen molar-refractivity contribution in [3.05, 3.63) is 0 Å². The van der Waals surface area contributed by atoms with Crippen molar-refractivity contribution >= 4 is 17.3 Å². The Morgan fingerprint density at radius 1 is 0.773 bits per heavy atom. The summed E-state index contributed by atoms with van der Waals surface area (Å²) < 4.78 is 0. The van der Waals surface area contributed by atoms with E-state index in [2.05, 4.69) is 38.3 Å². The Morgan fingerprint density at radius 2 is 1.14 bits per heavy atom. The van der Waals surface area contributed by atoms with Crippen LogP contribution in [-0.2, 0) is 0 Å². The fourth-order valence-electron chi connectivity index (χ4n) is 2.46. The second kappa shape index (κ2) is 11.2.